The third-order valence-electron chi connectivity index (χ3n) is 7.27. The molecule has 40 heavy (non-hydrogen) atoms. The molecule has 1 aromatic heterocycles. The normalized spacial score (nSPS) is 18.4. The molecule has 1 unspecified atom stereocenters. The molecule has 5 rings (SSSR count). The van der Waals surface area contributed by atoms with Crippen molar-refractivity contribution in [2.45, 2.75) is 39.2 Å². The molecule has 1 atom stereocenters. The maximum absolute atomic E-state index is 13.8. The van der Waals surface area contributed by atoms with Gasteiger partial charge in [-0.2, -0.15) is 10.4 Å². The van der Waals surface area contributed by atoms with Gasteiger partial charge in [-0.1, -0.05) is 31.5 Å². The molecular formula is C29H27ClN6O4. The van der Waals surface area contributed by atoms with Gasteiger partial charge < -0.3 is 10.5 Å². The number of hydrogen-bond donors (Lipinski definition) is 1. The summed E-state index contributed by atoms with van der Waals surface area (Å²) in [5.74, 6) is 0.0553. The van der Waals surface area contributed by atoms with Gasteiger partial charge in [-0.05, 0) is 53.8 Å². The number of benzene rings is 2. The highest BCUT2D eigenvalue weighted by atomic mass is 35.5. The van der Waals surface area contributed by atoms with E-state index in [0.29, 0.717) is 46.0 Å². The summed E-state index contributed by atoms with van der Waals surface area (Å²) >= 11 is 6.14. The van der Waals surface area contributed by atoms with Crippen LogP contribution in [0.4, 0.5) is 11.4 Å². The molecule has 0 amide bonds. The lowest BCUT2D eigenvalue weighted by molar-refractivity contribution is -0.385. The van der Waals surface area contributed by atoms with Crippen LogP contribution in [-0.2, 0) is 11.3 Å². The third kappa shape index (κ3) is 4.80. The van der Waals surface area contributed by atoms with E-state index in [2.05, 4.69) is 11.2 Å². The second-order valence-corrected chi connectivity index (χ2v) is 11.1. The zero-order valence-corrected chi connectivity index (χ0v) is 23.0. The molecule has 204 valence electrons. The van der Waals surface area contributed by atoms with Crippen molar-refractivity contribution in [1.82, 2.24) is 9.78 Å². The summed E-state index contributed by atoms with van der Waals surface area (Å²) < 4.78 is 7.00. The van der Waals surface area contributed by atoms with Crippen LogP contribution < -0.4 is 15.4 Å². The van der Waals surface area contributed by atoms with Crippen LogP contribution in [0.3, 0.4) is 0 Å². The second-order valence-electron chi connectivity index (χ2n) is 10.7. The Hall–Kier alpha value is -4.62. The standard InChI is InChI=1S/C29H27ClN6O4/c1-29(2)11-23-27(24(37)12-29)26(22(13-31)28(32)35(23)20-7-5-19(30)6-8-20)17-4-9-25(40-3)18(10-17)15-34-16-21(14-33-34)36(38)39/h4-10,14,16,26H,11-12,15,32H2,1-3H3. The van der Waals surface area contributed by atoms with Crippen LogP contribution >= 0.6 is 11.6 Å². The molecule has 11 heteroatoms. The summed E-state index contributed by atoms with van der Waals surface area (Å²) in [5.41, 5.74) is 9.91. The van der Waals surface area contributed by atoms with Gasteiger partial charge in [-0.3, -0.25) is 24.5 Å². The minimum Gasteiger partial charge on any atom is -0.496 e. The Kier molecular flexibility index (Phi) is 6.85. The van der Waals surface area contributed by atoms with E-state index in [4.69, 9.17) is 22.1 Å². The smallest absolute Gasteiger partial charge is 0.307 e. The average molecular weight is 559 g/mol. The van der Waals surface area contributed by atoms with Gasteiger partial charge in [0.15, 0.2) is 5.78 Å². The van der Waals surface area contributed by atoms with E-state index in [-0.39, 0.29) is 34.8 Å². The first-order valence-electron chi connectivity index (χ1n) is 12.6. The zero-order valence-electron chi connectivity index (χ0n) is 22.2. The number of ketones is 1. The highest BCUT2D eigenvalue weighted by molar-refractivity contribution is 6.30. The van der Waals surface area contributed by atoms with Crippen molar-refractivity contribution in [2.75, 3.05) is 12.0 Å². The lowest BCUT2D eigenvalue weighted by atomic mass is 9.68. The molecule has 2 aromatic carbocycles. The van der Waals surface area contributed by atoms with Gasteiger partial charge in [0.25, 0.3) is 0 Å². The average Bonchev–Trinajstić information content (AvgIpc) is 3.37. The Bertz CT molecular complexity index is 1630. The van der Waals surface area contributed by atoms with Crippen LogP contribution in [0, 0.1) is 26.9 Å². The van der Waals surface area contributed by atoms with Crippen molar-refractivity contribution in [1.29, 1.82) is 5.26 Å². The fourth-order valence-corrected chi connectivity index (χ4v) is 5.66. The molecule has 2 N–H and O–H groups in total. The third-order valence-corrected chi connectivity index (χ3v) is 7.52. The largest absolute Gasteiger partial charge is 0.496 e. The molecule has 3 aromatic rings. The number of carbonyl (C=O) groups is 1. The Morgan fingerprint density at radius 1 is 1.25 bits per heavy atom. The van der Waals surface area contributed by atoms with Gasteiger partial charge in [-0.15, -0.1) is 0 Å². The van der Waals surface area contributed by atoms with Gasteiger partial charge in [0, 0.05) is 34.0 Å². The fourth-order valence-electron chi connectivity index (χ4n) is 5.54. The number of hydrogen-bond acceptors (Lipinski definition) is 8. The highest BCUT2D eigenvalue weighted by Crippen LogP contribution is 2.50. The topological polar surface area (TPSA) is 140 Å². The number of Topliss-reactive ketones (excluding diaryl/α,β-unsaturated/α-hetero) is 1. The number of nitrogens with zero attached hydrogens (tertiary/aromatic N) is 5. The summed E-state index contributed by atoms with van der Waals surface area (Å²) in [7, 11) is 1.53. The van der Waals surface area contributed by atoms with Crippen molar-refractivity contribution >= 4 is 28.8 Å². The van der Waals surface area contributed by atoms with E-state index >= 15 is 0 Å². The van der Waals surface area contributed by atoms with Gasteiger partial charge in [0.2, 0.25) is 0 Å². The number of ether oxygens (including phenoxy) is 1. The summed E-state index contributed by atoms with van der Waals surface area (Å²) in [6.07, 6.45) is 3.42. The Morgan fingerprint density at radius 2 is 1.98 bits per heavy atom. The van der Waals surface area contributed by atoms with E-state index < -0.39 is 10.8 Å². The van der Waals surface area contributed by atoms with Gasteiger partial charge in [0.05, 0.1) is 36.1 Å². The van der Waals surface area contributed by atoms with Crippen LogP contribution in [0.5, 0.6) is 5.75 Å². The zero-order chi connectivity index (χ0) is 28.8. The quantitative estimate of drug-likeness (QED) is 0.311. The van der Waals surface area contributed by atoms with Crippen molar-refractivity contribution in [2.24, 2.45) is 11.1 Å². The second kappa shape index (κ2) is 10.2. The number of nitrogens with two attached hydrogens (primary N) is 1. The highest BCUT2D eigenvalue weighted by Gasteiger charge is 2.44. The summed E-state index contributed by atoms with van der Waals surface area (Å²) in [6.45, 7) is 4.26. The first kappa shape index (κ1) is 27.0. The number of allylic oxidation sites excluding steroid dienone is 3. The SMILES string of the molecule is COc1ccc(C2C(C#N)=C(N)N(c3ccc(Cl)cc3)C3=C2C(=O)CC(C)(C)C3)cc1Cn1cc([N+](=O)[O-])cn1. The van der Waals surface area contributed by atoms with Crippen molar-refractivity contribution < 1.29 is 14.5 Å². The fraction of sp³-hybridized carbons (Fsp3) is 0.276. The molecule has 2 heterocycles. The maximum atomic E-state index is 13.8. The number of anilines is 1. The maximum Gasteiger partial charge on any atom is 0.307 e. The first-order valence-corrected chi connectivity index (χ1v) is 13.0. The summed E-state index contributed by atoms with van der Waals surface area (Å²) in [4.78, 5) is 26.2. The van der Waals surface area contributed by atoms with Gasteiger partial charge in [0.1, 0.15) is 24.0 Å². The van der Waals surface area contributed by atoms with Gasteiger partial charge in [-0.25, -0.2) is 0 Å². The van der Waals surface area contributed by atoms with Crippen molar-refractivity contribution in [3.8, 4) is 11.8 Å². The van der Waals surface area contributed by atoms with E-state index in [9.17, 15) is 20.2 Å². The molecule has 0 bridgehead atoms. The van der Waals surface area contributed by atoms with Crippen molar-refractivity contribution in [3.63, 3.8) is 0 Å². The first-order chi connectivity index (χ1) is 19.0. The number of nitro groups is 1. The molecule has 1 aliphatic carbocycles. The predicted octanol–water partition coefficient (Wildman–Crippen LogP) is 5.44. The molecule has 1 aliphatic heterocycles. The minimum absolute atomic E-state index is 0.0458. The number of aromatic nitrogens is 2. The molecule has 0 saturated carbocycles. The lowest BCUT2D eigenvalue weighted by Gasteiger charge is -2.43. The van der Waals surface area contributed by atoms with E-state index in [1.165, 1.54) is 24.2 Å². The Labute approximate surface area is 236 Å². The molecular weight excluding hydrogens is 532 g/mol. The van der Waals surface area contributed by atoms with Crippen LogP contribution in [0.25, 0.3) is 0 Å². The molecule has 0 radical (unpaired) electrons. The predicted molar refractivity (Wildman–Crippen MR) is 150 cm³/mol. The van der Waals surface area contributed by atoms with Crippen LogP contribution in [-0.4, -0.2) is 27.6 Å². The van der Waals surface area contributed by atoms with Crippen LogP contribution in [0.1, 0.15) is 43.7 Å². The molecule has 10 nitrogen and oxygen atoms in total. The number of halogens is 1. The van der Waals surface area contributed by atoms with E-state index in [1.807, 2.05) is 38.1 Å². The monoisotopic (exact) mass is 558 g/mol. The number of methoxy groups -OCH3 is 1. The number of rotatable bonds is 6. The Morgan fingerprint density at radius 3 is 2.60 bits per heavy atom. The summed E-state index contributed by atoms with van der Waals surface area (Å²) in [6, 6.07) is 14.8. The van der Waals surface area contributed by atoms with E-state index in [1.54, 1.807) is 23.1 Å². The Balaban J connectivity index is 1.67. The minimum atomic E-state index is -0.691. The molecule has 0 fully saturated rings. The summed E-state index contributed by atoms with van der Waals surface area (Å²) in [5, 5.41) is 26.2. The molecule has 2 aliphatic rings. The number of carbonyl (C=O) groups excluding carboxylic acids is 1. The lowest BCUT2D eigenvalue weighted by Crippen LogP contribution is -2.42. The number of nitriles is 1. The van der Waals surface area contributed by atoms with Crippen molar-refractivity contribution in [3.05, 3.63) is 104 Å². The molecule has 0 saturated heterocycles. The van der Waals surface area contributed by atoms with E-state index in [0.717, 1.165) is 5.70 Å². The van der Waals surface area contributed by atoms with Crippen LogP contribution in [0.2, 0.25) is 5.02 Å². The van der Waals surface area contributed by atoms with Gasteiger partial charge >= 0.3 is 5.69 Å². The van der Waals surface area contributed by atoms with Crippen LogP contribution in [0.15, 0.2) is 77.5 Å². The molecule has 0 spiro atoms.